The Morgan fingerprint density at radius 1 is 0.920 bits per heavy atom. The van der Waals surface area contributed by atoms with Crippen molar-refractivity contribution in [3.8, 4) is 5.75 Å². The third-order valence-electron chi connectivity index (χ3n) is 3.91. The summed E-state index contributed by atoms with van der Waals surface area (Å²) in [7, 11) is 1.80. The van der Waals surface area contributed by atoms with Gasteiger partial charge in [0.05, 0.1) is 11.3 Å². The zero-order chi connectivity index (χ0) is 17.6. The zero-order valence-electron chi connectivity index (χ0n) is 14.0. The molecular formula is C21H20N2O2. The van der Waals surface area contributed by atoms with E-state index in [1.807, 2.05) is 54.6 Å². The second kappa shape index (κ2) is 7.53. The summed E-state index contributed by atoms with van der Waals surface area (Å²) in [6.45, 7) is 0.549. The quantitative estimate of drug-likeness (QED) is 0.681. The number of amides is 1. The van der Waals surface area contributed by atoms with Crippen molar-refractivity contribution in [3.63, 3.8) is 0 Å². The molecule has 3 aromatic carbocycles. The van der Waals surface area contributed by atoms with Gasteiger partial charge in [0.15, 0.2) is 0 Å². The number of benzene rings is 3. The predicted molar refractivity (Wildman–Crippen MR) is 100 cm³/mol. The van der Waals surface area contributed by atoms with Crippen LogP contribution in [-0.2, 0) is 6.54 Å². The first-order valence-electron chi connectivity index (χ1n) is 8.08. The van der Waals surface area contributed by atoms with E-state index in [1.165, 1.54) is 0 Å². The molecule has 0 aliphatic heterocycles. The Bertz CT molecular complexity index is 845. The van der Waals surface area contributed by atoms with Gasteiger partial charge in [0.25, 0.3) is 5.91 Å². The van der Waals surface area contributed by atoms with Gasteiger partial charge < -0.3 is 15.3 Å². The third-order valence-corrected chi connectivity index (χ3v) is 3.91. The van der Waals surface area contributed by atoms with Gasteiger partial charge in [-0.1, -0.05) is 42.5 Å². The molecule has 0 unspecified atom stereocenters. The Hall–Kier alpha value is -3.27. The second-order valence-electron chi connectivity index (χ2n) is 5.86. The fourth-order valence-electron chi connectivity index (χ4n) is 2.61. The molecule has 3 aromatic rings. The highest BCUT2D eigenvalue weighted by atomic mass is 16.3. The zero-order valence-corrected chi connectivity index (χ0v) is 14.0. The van der Waals surface area contributed by atoms with Crippen molar-refractivity contribution in [2.45, 2.75) is 6.54 Å². The van der Waals surface area contributed by atoms with Crippen molar-refractivity contribution < 1.29 is 9.90 Å². The third kappa shape index (κ3) is 4.18. The number of hydrogen-bond donors (Lipinski definition) is 2. The van der Waals surface area contributed by atoms with Gasteiger partial charge in [-0.3, -0.25) is 4.79 Å². The average Bonchev–Trinajstić information content (AvgIpc) is 2.64. The minimum absolute atomic E-state index is 0.0502. The van der Waals surface area contributed by atoms with Crippen molar-refractivity contribution >= 4 is 17.3 Å². The molecule has 0 aromatic heterocycles. The summed E-state index contributed by atoms with van der Waals surface area (Å²) in [5.41, 5.74) is 3.23. The van der Waals surface area contributed by atoms with Crippen molar-refractivity contribution in [3.05, 3.63) is 90.0 Å². The molecule has 0 fully saturated rings. The summed E-state index contributed by atoms with van der Waals surface area (Å²) >= 11 is 0. The molecule has 1 amide bonds. The van der Waals surface area contributed by atoms with E-state index in [2.05, 4.69) is 5.32 Å². The number of aromatic hydroxyl groups is 1. The maximum Gasteiger partial charge on any atom is 0.256 e. The molecule has 0 saturated carbocycles. The smallest absolute Gasteiger partial charge is 0.256 e. The van der Waals surface area contributed by atoms with Crippen LogP contribution in [0.4, 0.5) is 11.4 Å². The van der Waals surface area contributed by atoms with Gasteiger partial charge in [0.2, 0.25) is 0 Å². The summed E-state index contributed by atoms with van der Waals surface area (Å²) in [4.78, 5) is 14.6. The van der Waals surface area contributed by atoms with Gasteiger partial charge in [-0.15, -0.1) is 0 Å². The van der Waals surface area contributed by atoms with E-state index in [4.69, 9.17) is 0 Å². The van der Waals surface area contributed by atoms with Crippen LogP contribution < -0.4 is 5.32 Å². The highest BCUT2D eigenvalue weighted by molar-refractivity contribution is 6.00. The molecular weight excluding hydrogens is 312 g/mol. The summed E-state index contributed by atoms with van der Waals surface area (Å²) in [5, 5.41) is 12.6. The van der Waals surface area contributed by atoms with Gasteiger partial charge in [0, 0.05) is 19.3 Å². The minimum atomic E-state index is -0.0502. The number of anilines is 2. The average molecular weight is 332 g/mol. The molecule has 0 atom stereocenters. The van der Waals surface area contributed by atoms with E-state index >= 15 is 0 Å². The van der Waals surface area contributed by atoms with Crippen molar-refractivity contribution in [1.29, 1.82) is 0 Å². The molecule has 0 spiro atoms. The van der Waals surface area contributed by atoms with E-state index in [0.29, 0.717) is 12.1 Å². The molecule has 126 valence electrons. The number of rotatable bonds is 5. The largest absolute Gasteiger partial charge is 0.508 e. The Labute approximate surface area is 147 Å². The van der Waals surface area contributed by atoms with E-state index in [-0.39, 0.29) is 11.7 Å². The van der Waals surface area contributed by atoms with Crippen LogP contribution in [0.25, 0.3) is 0 Å². The molecule has 3 rings (SSSR count). The monoisotopic (exact) mass is 332 g/mol. The highest BCUT2D eigenvalue weighted by Gasteiger charge is 2.16. The number of phenols is 1. The Morgan fingerprint density at radius 3 is 2.28 bits per heavy atom. The van der Waals surface area contributed by atoms with Crippen LogP contribution in [0.15, 0.2) is 78.9 Å². The molecule has 0 radical (unpaired) electrons. The molecule has 0 aliphatic rings. The molecule has 0 bridgehead atoms. The number of carbonyl (C=O) groups excluding carboxylic acids is 1. The fourth-order valence-corrected chi connectivity index (χ4v) is 2.61. The van der Waals surface area contributed by atoms with E-state index in [1.54, 1.807) is 36.2 Å². The predicted octanol–water partition coefficient (Wildman–Crippen LogP) is 4.41. The summed E-state index contributed by atoms with van der Waals surface area (Å²) < 4.78 is 0. The number of phenolic OH excluding ortho intramolecular Hbond substituents is 1. The molecule has 2 N–H and O–H groups in total. The number of para-hydroxylation sites is 1. The lowest BCUT2D eigenvalue weighted by molar-refractivity contribution is 0.0786. The van der Waals surface area contributed by atoms with Crippen molar-refractivity contribution in [2.75, 3.05) is 12.4 Å². The van der Waals surface area contributed by atoms with E-state index in [0.717, 1.165) is 16.9 Å². The summed E-state index contributed by atoms with van der Waals surface area (Å²) in [5.74, 6) is 0.156. The maximum absolute atomic E-state index is 12.9. The standard InChI is InChI=1S/C21H20N2O2/c1-23(15-16-7-3-2-4-8-16)21(25)19-9-5-6-10-20(19)22-17-11-13-18(24)14-12-17/h2-14,22,24H,15H2,1H3. The lowest BCUT2D eigenvalue weighted by Crippen LogP contribution is -2.26. The van der Waals surface area contributed by atoms with Crippen LogP contribution in [0, 0.1) is 0 Å². The van der Waals surface area contributed by atoms with E-state index in [9.17, 15) is 9.90 Å². The molecule has 0 aliphatic carbocycles. The maximum atomic E-state index is 12.9. The first-order chi connectivity index (χ1) is 12.1. The lowest BCUT2D eigenvalue weighted by atomic mass is 10.1. The van der Waals surface area contributed by atoms with Crippen LogP contribution in [0.1, 0.15) is 15.9 Å². The van der Waals surface area contributed by atoms with Crippen LogP contribution in [0.3, 0.4) is 0 Å². The number of nitrogens with one attached hydrogen (secondary N) is 1. The van der Waals surface area contributed by atoms with Crippen molar-refractivity contribution in [2.24, 2.45) is 0 Å². The first kappa shape index (κ1) is 16.6. The van der Waals surface area contributed by atoms with Crippen molar-refractivity contribution in [1.82, 2.24) is 4.90 Å². The SMILES string of the molecule is CN(Cc1ccccc1)C(=O)c1ccccc1Nc1ccc(O)cc1. The highest BCUT2D eigenvalue weighted by Crippen LogP contribution is 2.23. The van der Waals surface area contributed by atoms with E-state index < -0.39 is 0 Å². The molecule has 4 heteroatoms. The fraction of sp³-hybridized carbons (Fsp3) is 0.0952. The second-order valence-corrected chi connectivity index (χ2v) is 5.86. The lowest BCUT2D eigenvalue weighted by Gasteiger charge is -2.20. The van der Waals surface area contributed by atoms with Gasteiger partial charge in [0.1, 0.15) is 5.75 Å². The Kier molecular flexibility index (Phi) is 5.00. The number of carbonyl (C=O) groups is 1. The van der Waals surface area contributed by atoms with Crippen LogP contribution in [-0.4, -0.2) is 23.0 Å². The van der Waals surface area contributed by atoms with Gasteiger partial charge in [-0.2, -0.15) is 0 Å². The molecule has 0 heterocycles. The van der Waals surface area contributed by atoms with Crippen LogP contribution in [0.5, 0.6) is 5.75 Å². The Balaban J connectivity index is 1.79. The number of hydrogen-bond acceptors (Lipinski definition) is 3. The molecule has 0 saturated heterocycles. The van der Waals surface area contributed by atoms with Crippen LogP contribution >= 0.6 is 0 Å². The first-order valence-corrected chi connectivity index (χ1v) is 8.08. The van der Waals surface area contributed by atoms with Gasteiger partial charge in [-0.25, -0.2) is 0 Å². The van der Waals surface area contributed by atoms with Gasteiger partial charge >= 0.3 is 0 Å². The van der Waals surface area contributed by atoms with Gasteiger partial charge in [-0.05, 0) is 42.0 Å². The normalized spacial score (nSPS) is 10.3. The molecule has 4 nitrogen and oxygen atoms in total. The molecule has 25 heavy (non-hydrogen) atoms. The van der Waals surface area contributed by atoms with Crippen LogP contribution in [0.2, 0.25) is 0 Å². The Morgan fingerprint density at radius 2 is 1.56 bits per heavy atom. The summed E-state index contributed by atoms with van der Waals surface area (Å²) in [6.07, 6.45) is 0. The number of nitrogens with zero attached hydrogens (tertiary/aromatic N) is 1. The topological polar surface area (TPSA) is 52.6 Å². The summed E-state index contributed by atoms with van der Waals surface area (Å²) in [6, 6.07) is 24.1. The minimum Gasteiger partial charge on any atom is -0.508 e.